The van der Waals surface area contributed by atoms with Crippen molar-refractivity contribution >= 4 is 52.8 Å². The second-order valence-electron chi connectivity index (χ2n) is 6.10. The van der Waals surface area contributed by atoms with Crippen molar-refractivity contribution in [1.29, 1.82) is 0 Å². The lowest BCUT2D eigenvalue weighted by Gasteiger charge is -2.17. The van der Waals surface area contributed by atoms with Gasteiger partial charge in [-0.15, -0.1) is 11.3 Å². The lowest BCUT2D eigenvalue weighted by atomic mass is 10.1. The third kappa shape index (κ3) is 2.52. The highest BCUT2D eigenvalue weighted by Crippen LogP contribution is 2.37. The number of aliphatic imine (C=N–C) groups is 1. The molecule has 0 saturated carbocycles. The summed E-state index contributed by atoms with van der Waals surface area (Å²) in [6.45, 7) is 0.278. The average Bonchev–Trinajstić information content (AvgIpc) is 3.34. The Bertz CT molecular complexity index is 1070. The lowest BCUT2D eigenvalue weighted by Crippen LogP contribution is -2.21. The quantitative estimate of drug-likeness (QED) is 0.783. The number of thiazole rings is 1. The standard InChI is InChI=1S/C19H14N2O3S2/c22-18-17(7-11-9-20-14-4-2-1-3-13(11)14)26-19(25)21(18)12-5-6-15-16(8-12)24-10-23-15/h1-9,15-16,22H,10H2/t15-,16+/m0/s1. The Morgan fingerprint density at radius 2 is 2.12 bits per heavy atom. The van der Waals surface area contributed by atoms with Crippen LogP contribution in [0.15, 0.2) is 47.5 Å². The normalized spacial score (nSPS) is 24.8. The number of fused-ring (bicyclic) bond motifs is 2. The van der Waals surface area contributed by atoms with Crippen molar-refractivity contribution in [3.05, 3.63) is 56.9 Å². The van der Waals surface area contributed by atoms with Crippen LogP contribution >= 0.6 is 23.6 Å². The van der Waals surface area contributed by atoms with Gasteiger partial charge in [-0.05, 0) is 36.5 Å². The molecule has 1 fully saturated rings. The largest absolute Gasteiger partial charge is 0.493 e. The minimum Gasteiger partial charge on any atom is -0.493 e. The Labute approximate surface area is 158 Å². The zero-order chi connectivity index (χ0) is 17.7. The molecular weight excluding hydrogens is 368 g/mol. The summed E-state index contributed by atoms with van der Waals surface area (Å²) in [7, 11) is 0. The summed E-state index contributed by atoms with van der Waals surface area (Å²) in [5.74, 6) is 0.124. The monoisotopic (exact) mass is 382 g/mol. The molecule has 0 amide bonds. The molecule has 2 aromatic rings. The molecule has 0 radical (unpaired) electrons. The van der Waals surface area contributed by atoms with E-state index in [1.165, 1.54) is 11.3 Å². The molecule has 3 aliphatic rings. The number of allylic oxidation sites excluding steroid dienone is 3. The Hall–Kier alpha value is -2.32. The van der Waals surface area contributed by atoms with Crippen molar-refractivity contribution in [3.8, 4) is 5.88 Å². The SMILES string of the molecule is Oc1c(C=C2C=Nc3ccccc32)sc(=S)n1C1=C[C@H]2OCO[C@H]2C=C1. The Morgan fingerprint density at radius 3 is 3.04 bits per heavy atom. The van der Waals surface area contributed by atoms with E-state index < -0.39 is 0 Å². The molecule has 1 aliphatic carbocycles. The van der Waals surface area contributed by atoms with E-state index in [4.69, 9.17) is 21.7 Å². The van der Waals surface area contributed by atoms with Crippen molar-refractivity contribution in [2.75, 3.05) is 6.79 Å². The summed E-state index contributed by atoms with van der Waals surface area (Å²) in [5, 5.41) is 10.8. The smallest absolute Gasteiger partial charge is 0.215 e. The molecule has 5 nitrogen and oxygen atoms in total. The molecular formula is C19H14N2O3S2. The molecule has 3 heterocycles. The van der Waals surface area contributed by atoms with Gasteiger partial charge >= 0.3 is 0 Å². The van der Waals surface area contributed by atoms with E-state index in [1.54, 1.807) is 4.57 Å². The topological polar surface area (TPSA) is 56.0 Å². The first-order chi connectivity index (χ1) is 12.7. The van der Waals surface area contributed by atoms with Crippen molar-refractivity contribution < 1.29 is 14.6 Å². The van der Waals surface area contributed by atoms with Crippen LogP contribution in [0.2, 0.25) is 0 Å². The summed E-state index contributed by atoms with van der Waals surface area (Å²) in [6.07, 6.45) is 9.29. The Morgan fingerprint density at radius 1 is 1.27 bits per heavy atom. The fraction of sp³-hybridized carbons (Fsp3) is 0.158. The van der Waals surface area contributed by atoms with Gasteiger partial charge in [-0.2, -0.15) is 0 Å². The maximum Gasteiger partial charge on any atom is 0.215 e. The average molecular weight is 382 g/mol. The molecule has 0 spiro atoms. The number of aromatic nitrogens is 1. The molecule has 5 rings (SSSR count). The van der Waals surface area contributed by atoms with Crippen LogP contribution in [0.5, 0.6) is 5.88 Å². The van der Waals surface area contributed by atoms with Crippen molar-refractivity contribution in [2.24, 2.45) is 4.99 Å². The number of hydrogen-bond acceptors (Lipinski definition) is 6. The molecule has 1 N–H and O–H groups in total. The number of nitrogens with zero attached hydrogens (tertiary/aromatic N) is 2. The summed E-state index contributed by atoms with van der Waals surface area (Å²) >= 11 is 6.86. The molecule has 1 aromatic carbocycles. The van der Waals surface area contributed by atoms with Crippen LogP contribution in [0.3, 0.4) is 0 Å². The van der Waals surface area contributed by atoms with Crippen LogP contribution in [0.1, 0.15) is 10.4 Å². The van der Waals surface area contributed by atoms with Crippen molar-refractivity contribution in [2.45, 2.75) is 12.2 Å². The number of rotatable bonds is 2. The molecule has 0 unspecified atom stereocenters. The highest BCUT2D eigenvalue weighted by molar-refractivity contribution is 7.73. The zero-order valence-corrected chi connectivity index (χ0v) is 15.2. The summed E-state index contributed by atoms with van der Waals surface area (Å²) in [6, 6.07) is 7.93. The number of ether oxygens (including phenoxy) is 2. The highest BCUT2D eigenvalue weighted by Gasteiger charge is 2.29. The Kier molecular flexibility index (Phi) is 3.75. The molecule has 7 heteroatoms. The predicted molar refractivity (Wildman–Crippen MR) is 105 cm³/mol. The van der Waals surface area contributed by atoms with Gasteiger partial charge in [0.15, 0.2) is 3.95 Å². The first kappa shape index (κ1) is 15.9. The van der Waals surface area contributed by atoms with E-state index in [0.29, 0.717) is 8.83 Å². The highest BCUT2D eigenvalue weighted by atomic mass is 32.1. The number of hydrogen-bond donors (Lipinski definition) is 1. The molecule has 26 heavy (non-hydrogen) atoms. The second kappa shape index (κ2) is 6.14. The molecule has 1 aromatic heterocycles. The summed E-state index contributed by atoms with van der Waals surface area (Å²) in [4.78, 5) is 5.11. The second-order valence-corrected chi connectivity index (χ2v) is 7.77. The molecule has 2 atom stereocenters. The fourth-order valence-electron chi connectivity index (χ4n) is 3.26. The number of para-hydroxylation sites is 1. The van der Waals surface area contributed by atoms with Gasteiger partial charge < -0.3 is 14.6 Å². The summed E-state index contributed by atoms with van der Waals surface area (Å²) < 4.78 is 13.2. The first-order valence-electron chi connectivity index (χ1n) is 8.14. The van der Waals surface area contributed by atoms with Gasteiger partial charge in [-0.3, -0.25) is 9.56 Å². The minimum atomic E-state index is -0.146. The van der Waals surface area contributed by atoms with E-state index >= 15 is 0 Å². The predicted octanol–water partition coefficient (Wildman–Crippen LogP) is 4.39. The maximum atomic E-state index is 10.8. The van der Waals surface area contributed by atoms with Crippen molar-refractivity contribution in [1.82, 2.24) is 4.57 Å². The van der Waals surface area contributed by atoms with E-state index in [2.05, 4.69) is 4.99 Å². The minimum absolute atomic E-state index is 0.0681. The molecule has 130 valence electrons. The van der Waals surface area contributed by atoms with E-state index in [-0.39, 0.29) is 24.9 Å². The number of benzene rings is 1. The molecule has 2 aliphatic heterocycles. The molecule has 0 bridgehead atoms. The van der Waals surface area contributed by atoms with Crippen LogP contribution < -0.4 is 0 Å². The fourth-order valence-corrected chi connectivity index (χ4v) is 4.56. The van der Waals surface area contributed by atoms with Gasteiger partial charge in [0, 0.05) is 23.0 Å². The Balaban J connectivity index is 1.55. The van der Waals surface area contributed by atoms with E-state index in [9.17, 15) is 5.11 Å². The molecule has 1 saturated heterocycles. The van der Waals surface area contributed by atoms with Gasteiger partial charge in [-0.25, -0.2) is 0 Å². The van der Waals surface area contributed by atoms with Gasteiger partial charge in [0.1, 0.15) is 19.0 Å². The number of aromatic hydroxyl groups is 1. The van der Waals surface area contributed by atoms with Crippen LogP contribution in [0, 0.1) is 3.95 Å². The van der Waals surface area contributed by atoms with Gasteiger partial charge in [0.05, 0.1) is 10.6 Å². The van der Waals surface area contributed by atoms with Crippen LogP contribution in [0.4, 0.5) is 5.69 Å². The van der Waals surface area contributed by atoms with Gasteiger partial charge in [-0.1, -0.05) is 24.3 Å². The van der Waals surface area contributed by atoms with Crippen LogP contribution in [-0.2, 0) is 9.47 Å². The van der Waals surface area contributed by atoms with E-state index in [0.717, 1.165) is 22.5 Å². The third-order valence-electron chi connectivity index (χ3n) is 4.55. The van der Waals surface area contributed by atoms with Crippen LogP contribution in [0.25, 0.3) is 17.3 Å². The van der Waals surface area contributed by atoms with Gasteiger partial charge in [0.2, 0.25) is 5.88 Å². The third-order valence-corrected chi connectivity index (χ3v) is 5.86. The van der Waals surface area contributed by atoms with Crippen LogP contribution in [-0.4, -0.2) is 34.9 Å². The lowest BCUT2D eigenvalue weighted by molar-refractivity contribution is 0.0503. The maximum absolute atomic E-state index is 10.8. The first-order valence-corrected chi connectivity index (χ1v) is 9.37. The van der Waals surface area contributed by atoms with Gasteiger partial charge in [0.25, 0.3) is 0 Å². The zero-order valence-electron chi connectivity index (χ0n) is 13.5. The van der Waals surface area contributed by atoms with Crippen molar-refractivity contribution in [3.63, 3.8) is 0 Å². The summed E-state index contributed by atoms with van der Waals surface area (Å²) in [5.41, 5.74) is 3.73. The van der Waals surface area contributed by atoms with E-state index in [1.807, 2.05) is 54.8 Å².